The summed E-state index contributed by atoms with van der Waals surface area (Å²) in [5.41, 5.74) is 0.997. The fourth-order valence-electron chi connectivity index (χ4n) is 2.85. The van der Waals surface area contributed by atoms with Crippen LogP contribution >= 0.6 is 0 Å². The van der Waals surface area contributed by atoms with Crippen molar-refractivity contribution in [2.75, 3.05) is 24.6 Å². The number of carboxylic acids is 1. The van der Waals surface area contributed by atoms with Crippen LogP contribution in [-0.2, 0) is 0 Å². The summed E-state index contributed by atoms with van der Waals surface area (Å²) in [4.78, 5) is 18.2. The van der Waals surface area contributed by atoms with Crippen molar-refractivity contribution in [2.45, 2.75) is 12.8 Å². The second-order valence-electron chi connectivity index (χ2n) is 5.46. The molecule has 0 aliphatic carbocycles. The number of carbonyl (C=O) groups is 1. The Morgan fingerprint density at radius 2 is 2.00 bits per heavy atom. The smallest absolute Gasteiger partial charge is 0.336 e. The Labute approximate surface area is 122 Å². The SMILES string of the molecule is O=C(O)c1cc(N2CCC(CO)CC2)nc2ccccc12. The fourth-order valence-corrected chi connectivity index (χ4v) is 2.85. The van der Waals surface area contributed by atoms with Gasteiger partial charge in [0.25, 0.3) is 0 Å². The molecule has 110 valence electrons. The van der Waals surface area contributed by atoms with Gasteiger partial charge in [-0.1, -0.05) is 18.2 Å². The minimum Gasteiger partial charge on any atom is -0.478 e. The van der Waals surface area contributed by atoms with Crippen molar-refractivity contribution < 1.29 is 15.0 Å². The van der Waals surface area contributed by atoms with Crippen LogP contribution < -0.4 is 4.90 Å². The third kappa shape index (κ3) is 2.69. The summed E-state index contributed by atoms with van der Waals surface area (Å²) in [7, 11) is 0. The molecular formula is C16H18N2O3. The van der Waals surface area contributed by atoms with Gasteiger partial charge in [0.05, 0.1) is 11.1 Å². The molecule has 3 rings (SSSR count). The normalized spacial score (nSPS) is 16.3. The predicted molar refractivity (Wildman–Crippen MR) is 80.7 cm³/mol. The van der Waals surface area contributed by atoms with E-state index in [9.17, 15) is 15.0 Å². The summed E-state index contributed by atoms with van der Waals surface area (Å²) in [6.45, 7) is 1.82. The summed E-state index contributed by atoms with van der Waals surface area (Å²) in [6.07, 6.45) is 1.82. The molecule has 5 heteroatoms. The number of nitrogens with zero attached hydrogens (tertiary/aromatic N) is 2. The molecule has 1 aliphatic rings. The number of aromatic nitrogens is 1. The fraction of sp³-hybridized carbons (Fsp3) is 0.375. The molecule has 0 bridgehead atoms. The monoisotopic (exact) mass is 286 g/mol. The van der Waals surface area contributed by atoms with Crippen LogP contribution in [0.3, 0.4) is 0 Å². The van der Waals surface area contributed by atoms with Gasteiger partial charge in [0, 0.05) is 25.1 Å². The first kappa shape index (κ1) is 13.8. The molecule has 1 fully saturated rings. The number of hydrogen-bond donors (Lipinski definition) is 2. The maximum Gasteiger partial charge on any atom is 0.336 e. The number of aromatic carboxylic acids is 1. The highest BCUT2D eigenvalue weighted by Gasteiger charge is 2.21. The zero-order valence-electron chi connectivity index (χ0n) is 11.7. The van der Waals surface area contributed by atoms with Gasteiger partial charge in [0.15, 0.2) is 0 Å². The number of pyridine rings is 1. The Kier molecular flexibility index (Phi) is 3.75. The minimum atomic E-state index is -0.930. The standard InChI is InChI=1S/C16H18N2O3/c19-10-11-5-7-18(8-6-11)15-9-13(16(20)21)12-3-1-2-4-14(12)17-15/h1-4,9,11,19H,5-8,10H2,(H,20,21). The first-order chi connectivity index (χ1) is 10.2. The highest BCUT2D eigenvalue weighted by molar-refractivity contribution is 6.03. The van der Waals surface area contributed by atoms with Crippen molar-refractivity contribution >= 4 is 22.7 Å². The molecule has 0 atom stereocenters. The van der Waals surface area contributed by atoms with Crippen molar-refractivity contribution in [3.8, 4) is 0 Å². The van der Waals surface area contributed by atoms with Gasteiger partial charge in [-0.3, -0.25) is 0 Å². The average Bonchev–Trinajstić information content (AvgIpc) is 2.53. The van der Waals surface area contributed by atoms with E-state index in [1.807, 2.05) is 18.2 Å². The Balaban J connectivity index is 1.98. The summed E-state index contributed by atoms with van der Waals surface area (Å²) < 4.78 is 0. The molecule has 5 nitrogen and oxygen atoms in total. The Bertz CT molecular complexity index is 664. The summed E-state index contributed by atoms with van der Waals surface area (Å²) in [6, 6.07) is 8.97. The second-order valence-corrected chi connectivity index (χ2v) is 5.46. The quantitative estimate of drug-likeness (QED) is 0.904. The minimum absolute atomic E-state index is 0.222. The van der Waals surface area contributed by atoms with Gasteiger partial charge < -0.3 is 15.1 Å². The number of piperidine rings is 1. The van der Waals surface area contributed by atoms with Crippen molar-refractivity contribution in [2.24, 2.45) is 5.92 Å². The molecule has 2 heterocycles. The van der Waals surface area contributed by atoms with Gasteiger partial charge in [-0.25, -0.2) is 9.78 Å². The van der Waals surface area contributed by atoms with Crippen molar-refractivity contribution in [1.82, 2.24) is 4.98 Å². The van der Waals surface area contributed by atoms with Crippen LogP contribution in [0.25, 0.3) is 10.9 Å². The van der Waals surface area contributed by atoms with E-state index in [4.69, 9.17) is 0 Å². The van der Waals surface area contributed by atoms with E-state index in [1.165, 1.54) is 0 Å². The number of benzene rings is 1. The molecule has 21 heavy (non-hydrogen) atoms. The van der Waals surface area contributed by atoms with E-state index in [0.29, 0.717) is 28.2 Å². The number of aliphatic hydroxyl groups excluding tert-OH is 1. The van der Waals surface area contributed by atoms with Crippen molar-refractivity contribution in [3.05, 3.63) is 35.9 Å². The van der Waals surface area contributed by atoms with Crippen LogP contribution in [0.1, 0.15) is 23.2 Å². The van der Waals surface area contributed by atoms with Crippen LogP contribution in [0, 0.1) is 5.92 Å². The molecule has 1 aliphatic heterocycles. The highest BCUT2D eigenvalue weighted by Crippen LogP contribution is 2.26. The van der Waals surface area contributed by atoms with Crippen LogP contribution in [0.15, 0.2) is 30.3 Å². The first-order valence-corrected chi connectivity index (χ1v) is 7.18. The summed E-state index contributed by atoms with van der Waals surface area (Å²) in [5, 5.41) is 19.3. The van der Waals surface area contributed by atoms with Gasteiger partial charge in [-0.05, 0) is 30.9 Å². The van der Waals surface area contributed by atoms with Gasteiger partial charge in [-0.2, -0.15) is 0 Å². The van der Waals surface area contributed by atoms with Gasteiger partial charge in [0.2, 0.25) is 0 Å². The van der Waals surface area contributed by atoms with Crippen LogP contribution in [0.4, 0.5) is 5.82 Å². The van der Waals surface area contributed by atoms with E-state index < -0.39 is 5.97 Å². The maximum atomic E-state index is 11.5. The molecular weight excluding hydrogens is 268 g/mol. The lowest BCUT2D eigenvalue weighted by Gasteiger charge is -2.32. The van der Waals surface area contributed by atoms with E-state index in [1.54, 1.807) is 12.1 Å². The summed E-state index contributed by atoms with van der Waals surface area (Å²) >= 11 is 0. The maximum absolute atomic E-state index is 11.5. The number of hydrogen-bond acceptors (Lipinski definition) is 4. The van der Waals surface area contributed by atoms with E-state index in [0.717, 1.165) is 25.9 Å². The predicted octanol–water partition coefficient (Wildman–Crippen LogP) is 2.14. The summed E-state index contributed by atoms with van der Waals surface area (Å²) in [5.74, 6) is 0.128. The second kappa shape index (κ2) is 5.69. The van der Waals surface area contributed by atoms with Crippen molar-refractivity contribution in [3.63, 3.8) is 0 Å². The number of carboxylic acid groups (broad SMARTS) is 1. The molecule has 0 amide bonds. The van der Waals surface area contributed by atoms with Gasteiger partial charge in [0.1, 0.15) is 5.82 Å². The number of fused-ring (bicyclic) bond motifs is 1. The van der Waals surface area contributed by atoms with E-state index in [2.05, 4.69) is 9.88 Å². The number of aliphatic hydroxyl groups is 1. The van der Waals surface area contributed by atoms with Gasteiger partial charge >= 0.3 is 5.97 Å². The topological polar surface area (TPSA) is 73.7 Å². The zero-order valence-corrected chi connectivity index (χ0v) is 11.7. The third-order valence-corrected chi connectivity index (χ3v) is 4.13. The lowest BCUT2D eigenvalue weighted by Crippen LogP contribution is -2.35. The van der Waals surface area contributed by atoms with Gasteiger partial charge in [-0.15, -0.1) is 0 Å². The van der Waals surface area contributed by atoms with E-state index in [-0.39, 0.29) is 6.61 Å². The van der Waals surface area contributed by atoms with Crippen LogP contribution in [0.2, 0.25) is 0 Å². The highest BCUT2D eigenvalue weighted by atomic mass is 16.4. The molecule has 1 saturated heterocycles. The molecule has 0 unspecified atom stereocenters. The number of rotatable bonds is 3. The van der Waals surface area contributed by atoms with Crippen LogP contribution in [-0.4, -0.2) is 40.9 Å². The molecule has 2 N–H and O–H groups in total. The number of anilines is 1. The molecule has 2 aromatic rings. The Hall–Kier alpha value is -2.14. The number of para-hydroxylation sites is 1. The molecule has 0 saturated carbocycles. The first-order valence-electron chi connectivity index (χ1n) is 7.18. The van der Waals surface area contributed by atoms with E-state index >= 15 is 0 Å². The van der Waals surface area contributed by atoms with Crippen molar-refractivity contribution in [1.29, 1.82) is 0 Å². The molecule has 0 spiro atoms. The lowest BCUT2D eigenvalue weighted by atomic mass is 9.98. The zero-order chi connectivity index (χ0) is 14.8. The lowest BCUT2D eigenvalue weighted by molar-refractivity contribution is 0.0699. The average molecular weight is 286 g/mol. The largest absolute Gasteiger partial charge is 0.478 e. The molecule has 1 aromatic carbocycles. The molecule has 1 aromatic heterocycles. The Morgan fingerprint density at radius 1 is 1.29 bits per heavy atom. The Morgan fingerprint density at radius 3 is 2.67 bits per heavy atom. The third-order valence-electron chi connectivity index (χ3n) is 4.13. The van der Waals surface area contributed by atoms with Crippen LogP contribution in [0.5, 0.6) is 0 Å². The molecule has 0 radical (unpaired) electrons.